The van der Waals surface area contributed by atoms with Crippen molar-refractivity contribution < 1.29 is 19.0 Å². The number of carboxylic acids is 1. The van der Waals surface area contributed by atoms with Crippen LogP contribution >= 0.6 is 0 Å². The molecule has 7 heteroatoms. The maximum Gasteiger partial charge on any atom is 0.352 e. The Balaban J connectivity index is 1.43. The molecule has 2 heterocycles. The van der Waals surface area contributed by atoms with Gasteiger partial charge in [0.1, 0.15) is 17.3 Å². The standard InChI is InChI=1S/C28H26FN3O3/c1-16-25(17(2)32(3)31-16)22-11-4-10-20-21(27(28(33)34)30-26(20)22)12-7-15-35-24-14-6-8-18-19(24)9-5-13-23(18)29/h4-6,8-11,13-14,30H,7,12,15H2,1-3H3,(H,33,34). The van der Waals surface area contributed by atoms with E-state index >= 15 is 0 Å². The van der Waals surface area contributed by atoms with E-state index in [1.54, 1.807) is 18.2 Å². The summed E-state index contributed by atoms with van der Waals surface area (Å²) in [6.45, 7) is 4.34. The summed E-state index contributed by atoms with van der Waals surface area (Å²) >= 11 is 0. The van der Waals surface area contributed by atoms with Crippen molar-refractivity contribution in [2.24, 2.45) is 7.05 Å². The SMILES string of the molecule is Cc1nn(C)c(C)c1-c1cccc2c(CCCOc3cccc4c(F)cccc34)c(C(=O)O)[nH]c12. The normalized spacial score (nSPS) is 11.4. The Morgan fingerprint density at radius 2 is 1.77 bits per heavy atom. The molecule has 2 aromatic heterocycles. The zero-order valence-electron chi connectivity index (χ0n) is 19.9. The van der Waals surface area contributed by atoms with E-state index in [1.807, 2.05) is 55.9 Å². The molecular weight excluding hydrogens is 445 g/mol. The fraction of sp³-hybridized carbons (Fsp3) is 0.214. The van der Waals surface area contributed by atoms with Crippen molar-refractivity contribution in [3.05, 3.63) is 83.1 Å². The smallest absolute Gasteiger partial charge is 0.352 e. The molecule has 3 aromatic carbocycles. The number of benzene rings is 3. The van der Waals surface area contributed by atoms with E-state index in [2.05, 4.69) is 10.1 Å². The number of H-pyrrole nitrogens is 1. The highest BCUT2D eigenvalue weighted by atomic mass is 19.1. The van der Waals surface area contributed by atoms with Crippen LogP contribution in [0.2, 0.25) is 0 Å². The zero-order chi connectivity index (χ0) is 24.7. The molecule has 0 radical (unpaired) electrons. The number of ether oxygens (including phenoxy) is 1. The first kappa shape index (κ1) is 22.7. The Hall–Kier alpha value is -4.13. The van der Waals surface area contributed by atoms with Crippen LogP contribution in [0.1, 0.15) is 33.9 Å². The second-order valence-corrected chi connectivity index (χ2v) is 8.72. The van der Waals surface area contributed by atoms with Gasteiger partial charge in [0.2, 0.25) is 0 Å². The topological polar surface area (TPSA) is 80.1 Å². The van der Waals surface area contributed by atoms with Gasteiger partial charge in [-0.05, 0) is 44.4 Å². The molecule has 2 N–H and O–H groups in total. The van der Waals surface area contributed by atoms with Gasteiger partial charge in [0.05, 0.1) is 17.8 Å². The summed E-state index contributed by atoms with van der Waals surface area (Å²) in [7, 11) is 1.90. The molecule has 5 aromatic rings. The molecule has 0 spiro atoms. The van der Waals surface area contributed by atoms with Gasteiger partial charge in [-0.25, -0.2) is 9.18 Å². The Labute approximate surface area is 202 Å². The van der Waals surface area contributed by atoms with E-state index in [4.69, 9.17) is 4.74 Å². The molecule has 0 saturated carbocycles. The number of aromatic nitrogens is 3. The molecule has 0 aliphatic heterocycles. The molecule has 0 amide bonds. The lowest BCUT2D eigenvalue weighted by Crippen LogP contribution is -2.04. The lowest BCUT2D eigenvalue weighted by molar-refractivity contribution is 0.0690. The number of para-hydroxylation sites is 1. The highest BCUT2D eigenvalue weighted by Gasteiger charge is 2.21. The van der Waals surface area contributed by atoms with E-state index < -0.39 is 5.97 Å². The summed E-state index contributed by atoms with van der Waals surface area (Å²) in [5.74, 6) is -0.663. The maximum absolute atomic E-state index is 14.1. The van der Waals surface area contributed by atoms with E-state index in [-0.39, 0.29) is 11.5 Å². The Kier molecular flexibility index (Phi) is 5.76. The van der Waals surface area contributed by atoms with Crippen molar-refractivity contribution in [1.82, 2.24) is 14.8 Å². The monoisotopic (exact) mass is 471 g/mol. The second kappa shape index (κ2) is 8.91. The van der Waals surface area contributed by atoms with Gasteiger partial charge >= 0.3 is 5.97 Å². The third-order valence-electron chi connectivity index (χ3n) is 6.59. The highest BCUT2D eigenvalue weighted by Crippen LogP contribution is 2.35. The molecule has 0 aliphatic carbocycles. The summed E-state index contributed by atoms with van der Waals surface area (Å²) in [5, 5.41) is 16.5. The molecule has 6 nitrogen and oxygen atoms in total. The summed E-state index contributed by atoms with van der Waals surface area (Å²) in [6.07, 6.45) is 1.13. The summed E-state index contributed by atoms with van der Waals surface area (Å²) in [6, 6.07) is 16.1. The van der Waals surface area contributed by atoms with Crippen LogP contribution in [0.25, 0.3) is 32.8 Å². The first-order chi connectivity index (χ1) is 16.9. The number of rotatable bonds is 7. The molecule has 0 fully saturated rings. The van der Waals surface area contributed by atoms with Crippen molar-refractivity contribution in [2.75, 3.05) is 6.61 Å². The van der Waals surface area contributed by atoms with E-state index in [0.717, 1.165) is 44.4 Å². The van der Waals surface area contributed by atoms with Gasteiger partial charge < -0.3 is 14.8 Å². The third kappa shape index (κ3) is 3.93. The van der Waals surface area contributed by atoms with Gasteiger partial charge in [-0.2, -0.15) is 5.10 Å². The molecule has 35 heavy (non-hydrogen) atoms. The molecule has 5 rings (SSSR count). The summed E-state index contributed by atoms with van der Waals surface area (Å²) < 4.78 is 21.9. The number of hydrogen-bond donors (Lipinski definition) is 2. The van der Waals surface area contributed by atoms with Crippen LogP contribution in [0.3, 0.4) is 0 Å². The number of nitrogens with zero attached hydrogens (tertiary/aromatic N) is 2. The molecular formula is C28H26FN3O3. The third-order valence-corrected chi connectivity index (χ3v) is 6.59. The van der Waals surface area contributed by atoms with E-state index in [0.29, 0.717) is 30.6 Å². The lowest BCUT2D eigenvalue weighted by atomic mass is 9.98. The highest BCUT2D eigenvalue weighted by molar-refractivity contribution is 6.03. The van der Waals surface area contributed by atoms with Gasteiger partial charge in [0.25, 0.3) is 0 Å². The quantitative estimate of drug-likeness (QED) is 0.278. The average molecular weight is 472 g/mol. The van der Waals surface area contributed by atoms with Crippen molar-refractivity contribution >= 4 is 27.6 Å². The molecule has 0 unspecified atom stereocenters. The van der Waals surface area contributed by atoms with Crippen LogP contribution in [-0.2, 0) is 13.5 Å². The van der Waals surface area contributed by atoms with Gasteiger partial charge in [0, 0.05) is 40.0 Å². The predicted octanol–water partition coefficient (Wildman–Crippen LogP) is 6.19. The van der Waals surface area contributed by atoms with Crippen LogP contribution in [0.15, 0.2) is 54.6 Å². The zero-order valence-corrected chi connectivity index (χ0v) is 19.9. The number of carbonyl (C=O) groups is 1. The van der Waals surface area contributed by atoms with Crippen molar-refractivity contribution in [2.45, 2.75) is 26.7 Å². The number of halogens is 1. The number of nitrogens with one attached hydrogen (secondary N) is 1. The molecule has 178 valence electrons. The van der Waals surface area contributed by atoms with Crippen molar-refractivity contribution in [1.29, 1.82) is 0 Å². The van der Waals surface area contributed by atoms with Gasteiger partial charge in [0.15, 0.2) is 0 Å². The number of fused-ring (bicyclic) bond motifs is 2. The van der Waals surface area contributed by atoms with E-state index in [1.165, 1.54) is 6.07 Å². The molecule has 0 bridgehead atoms. The molecule has 0 saturated heterocycles. The van der Waals surface area contributed by atoms with Crippen molar-refractivity contribution in [3.63, 3.8) is 0 Å². The lowest BCUT2D eigenvalue weighted by Gasteiger charge is -2.10. The average Bonchev–Trinajstić information content (AvgIpc) is 3.33. The minimum Gasteiger partial charge on any atom is -0.493 e. The minimum absolute atomic E-state index is 0.193. The fourth-order valence-corrected chi connectivity index (χ4v) is 4.89. The Morgan fingerprint density at radius 1 is 1.06 bits per heavy atom. The van der Waals surface area contributed by atoms with Crippen LogP contribution in [-0.4, -0.2) is 32.4 Å². The predicted molar refractivity (Wildman–Crippen MR) is 135 cm³/mol. The fourth-order valence-electron chi connectivity index (χ4n) is 4.89. The molecule has 0 atom stereocenters. The van der Waals surface area contributed by atoms with Crippen LogP contribution in [0.4, 0.5) is 4.39 Å². The van der Waals surface area contributed by atoms with Crippen molar-refractivity contribution in [3.8, 4) is 16.9 Å². The van der Waals surface area contributed by atoms with Gasteiger partial charge in [-0.1, -0.05) is 42.5 Å². The summed E-state index contributed by atoms with van der Waals surface area (Å²) in [4.78, 5) is 15.3. The maximum atomic E-state index is 14.1. The number of aromatic carboxylic acids is 1. The first-order valence-electron chi connectivity index (χ1n) is 11.5. The Morgan fingerprint density at radius 3 is 2.51 bits per heavy atom. The number of carboxylic acid groups (broad SMARTS) is 1. The number of aryl methyl sites for hydroxylation is 3. The van der Waals surface area contributed by atoms with Crippen LogP contribution < -0.4 is 4.74 Å². The number of hydrogen-bond acceptors (Lipinski definition) is 3. The van der Waals surface area contributed by atoms with E-state index in [9.17, 15) is 14.3 Å². The first-order valence-corrected chi connectivity index (χ1v) is 11.5. The largest absolute Gasteiger partial charge is 0.493 e. The van der Waals surface area contributed by atoms with Gasteiger partial charge in [-0.3, -0.25) is 4.68 Å². The Bertz CT molecular complexity index is 1580. The molecule has 0 aliphatic rings. The summed E-state index contributed by atoms with van der Waals surface area (Å²) in [5.41, 5.74) is 5.60. The van der Waals surface area contributed by atoms with Gasteiger partial charge in [-0.15, -0.1) is 0 Å². The second-order valence-electron chi connectivity index (χ2n) is 8.72. The van der Waals surface area contributed by atoms with Crippen LogP contribution in [0.5, 0.6) is 5.75 Å². The van der Waals surface area contributed by atoms with Crippen LogP contribution in [0, 0.1) is 19.7 Å². The minimum atomic E-state index is -0.993. The number of aromatic amines is 1.